The Morgan fingerprint density at radius 2 is 1.75 bits per heavy atom. The highest BCUT2D eigenvalue weighted by molar-refractivity contribution is 5.83. The van der Waals surface area contributed by atoms with E-state index in [0.717, 1.165) is 57.6 Å². The number of benzene rings is 1. The zero-order valence-corrected chi connectivity index (χ0v) is 15.3. The van der Waals surface area contributed by atoms with Crippen molar-refractivity contribution >= 4 is 5.91 Å². The van der Waals surface area contributed by atoms with Gasteiger partial charge in [-0.1, -0.05) is 24.3 Å². The predicted molar refractivity (Wildman–Crippen MR) is 95.9 cm³/mol. The Kier molecular flexibility index (Phi) is 5.26. The first kappa shape index (κ1) is 17.4. The molecule has 2 saturated heterocycles. The molecule has 0 bridgehead atoms. The summed E-state index contributed by atoms with van der Waals surface area (Å²) in [5, 5.41) is 0. The molecule has 1 spiro atoms. The highest BCUT2D eigenvalue weighted by Gasteiger charge is 2.39. The van der Waals surface area contributed by atoms with Gasteiger partial charge in [-0.15, -0.1) is 0 Å². The molecule has 4 heteroatoms. The highest BCUT2D eigenvalue weighted by atomic mass is 16.5. The normalized spacial score (nSPS) is 21.9. The van der Waals surface area contributed by atoms with E-state index in [-0.39, 0.29) is 11.9 Å². The van der Waals surface area contributed by atoms with E-state index in [4.69, 9.17) is 4.74 Å². The molecular formula is C20H30N2O2. The maximum Gasteiger partial charge on any atom is 0.244 e. The molecule has 0 saturated carbocycles. The first-order valence-electron chi connectivity index (χ1n) is 9.11. The van der Waals surface area contributed by atoms with Gasteiger partial charge in [0.15, 0.2) is 0 Å². The third kappa shape index (κ3) is 3.50. The molecule has 2 fully saturated rings. The van der Waals surface area contributed by atoms with Crippen LogP contribution in [0, 0.1) is 12.3 Å². The molecule has 2 aliphatic heterocycles. The van der Waals surface area contributed by atoms with Crippen molar-refractivity contribution in [1.82, 2.24) is 9.80 Å². The Bertz CT molecular complexity index is 569. The molecule has 0 N–H and O–H groups in total. The smallest absolute Gasteiger partial charge is 0.244 e. The fourth-order valence-electron chi connectivity index (χ4n) is 4.20. The minimum Gasteiger partial charge on any atom is -0.381 e. The van der Waals surface area contributed by atoms with Crippen LogP contribution < -0.4 is 0 Å². The van der Waals surface area contributed by atoms with E-state index in [2.05, 4.69) is 24.0 Å². The van der Waals surface area contributed by atoms with Gasteiger partial charge >= 0.3 is 0 Å². The monoisotopic (exact) mass is 330 g/mol. The summed E-state index contributed by atoms with van der Waals surface area (Å²) in [5.41, 5.74) is 2.73. The van der Waals surface area contributed by atoms with Crippen LogP contribution >= 0.6 is 0 Å². The largest absolute Gasteiger partial charge is 0.381 e. The van der Waals surface area contributed by atoms with Gasteiger partial charge in [-0.05, 0) is 63.2 Å². The maximum absolute atomic E-state index is 13.2. The van der Waals surface area contributed by atoms with Crippen molar-refractivity contribution in [1.29, 1.82) is 0 Å². The summed E-state index contributed by atoms with van der Waals surface area (Å²) >= 11 is 0. The number of hydrogen-bond acceptors (Lipinski definition) is 3. The third-order valence-electron chi connectivity index (χ3n) is 5.92. The van der Waals surface area contributed by atoms with Gasteiger partial charge in [-0.25, -0.2) is 0 Å². The van der Waals surface area contributed by atoms with Gasteiger partial charge < -0.3 is 9.64 Å². The van der Waals surface area contributed by atoms with Crippen LogP contribution in [0.1, 0.15) is 42.9 Å². The number of aryl methyl sites for hydroxylation is 1. The Morgan fingerprint density at radius 1 is 1.12 bits per heavy atom. The minimum absolute atomic E-state index is 0.185. The molecule has 0 unspecified atom stereocenters. The van der Waals surface area contributed by atoms with E-state index in [1.807, 2.05) is 31.1 Å². The van der Waals surface area contributed by atoms with Crippen LogP contribution in [0.4, 0.5) is 0 Å². The molecule has 0 radical (unpaired) electrons. The number of amides is 1. The summed E-state index contributed by atoms with van der Waals surface area (Å²) in [4.78, 5) is 17.3. The number of carbonyl (C=O) groups is 1. The first-order chi connectivity index (χ1) is 11.5. The number of likely N-dealkylation sites (N-methyl/N-ethyl adjacent to an activating group) is 1. The fraction of sp³-hybridized carbons (Fsp3) is 0.650. The van der Waals surface area contributed by atoms with Crippen LogP contribution in [0.15, 0.2) is 24.3 Å². The lowest BCUT2D eigenvalue weighted by molar-refractivity contribution is -0.139. The summed E-state index contributed by atoms with van der Waals surface area (Å²) < 4.78 is 5.52. The number of rotatable bonds is 3. The van der Waals surface area contributed by atoms with Crippen molar-refractivity contribution in [3.8, 4) is 0 Å². The van der Waals surface area contributed by atoms with E-state index in [1.165, 1.54) is 5.56 Å². The summed E-state index contributed by atoms with van der Waals surface area (Å²) in [6, 6.07) is 8.05. The third-order valence-corrected chi connectivity index (χ3v) is 5.92. The fourth-order valence-corrected chi connectivity index (χ4v) is 4.20. The number of piperidine rings is 1. The van der Waals surface area contributed by atoms with Crippen LogP contribution in [0.2, 0.25) is 0 Å². The van der Waals surface area contributed by atoms with Gasteiger partial charge in [-0.2, -0.15) is 0 Å². The van der Waals surface area contributed by atoms with Crippen LogP contribution in [0.25, 0.3) is 0 Å². The van der Waals surface area contributed by atoms with Gasteiger partial charge in [0.2, 0.25) is 5.91 Å². The van der Waals surface area contributed by atoms with Crippen LogP contribution in [0.3, 0.4) is 0 Å². The van der Waals surface area contributed by atoms with Crippen molar-refractivity contribution in [2.75, 3.05) is 40.4 Å². The van der Waals surface area contributed by atoms with Crippen molar-refractivity contribution in [2.45, 2.75) is 38.6 Å². The number of hydrogen-bond donors (Lipinski definition) is 0. The molecule has 2 aliphatic rings. The molecule has 24 heavy (non-hydrogen) atoms. The lowest BCUT2D eigenvalue weighted by Gasteiger charge is -2.45. The van der Waals surface area contributed by atoms with Crippen LogP contribution in [0.5, 0.6) is 0 Å². The van der Waals surface area contributed by atoms with Crippen LogP contribution in [-0.4, -0.2) is 56.1 Å². The molecule has 1 atom stereocenters. The number of nitrogens with zero attached hydrogens (tertiary/aromatic N) is 2. The number of carbonyl (C=O) groups excluding carboxylic acids is 1. The summed E-state index contributed by atoms with van der Waals surface area (Å²) in [5.74, 6) is 0.246. The molecule has 0 aromatic heterocycles. The van der Waals surface area contributed by atoms with Gasteiger partial charge in [0.25, 0.3) is 0 Å². The molecule has 1 aromatic rings. The molecule has 1 amide bonds. The van der Waals surface area contributed by atoms with E-state index >= 15 is 0 Å². The summed E-state index contributed by atoms with van der Waals surface area (Å²) in [6.45, 7) is 5.63. The first-order valence-corrected chi connectivity index (χ1v) is 9.11. The zero-order valence-electron chi connectivity index (χ0n) is 15.3. The number of ether oxygens (including phenoxy) is 1. The van der Waals surface area contributed by atoms with Gasteiger partial charge in [-0.3, -0.25) is 9.69 Å². The molecule has 2 heterocycles. The average Bonchev–Trinajstić information content (AvgIpc) is 2.58. The lowest BCUT2D eigenvalue weighted by Crippen LogP contribution is -2.48. The van der Waals surface area contributed by atoms with Crippen molar-refractivity contribution in [3.05, 3.63) is 35.4 Å². The minimum atomic E-state index is -0.185. The van der Waals surface area contributed by atoms with E-state index in [0.29, 0.717) is 5.41 Å². The average molecular weight is 330 g/mol. The summed E-state index contributed by atoms with van der Waals surface area (Å²) in [6.07, 6.45) is 4.56. The molecular weight excluding hydrogens is 300 g/mol. The second-order valence-corrected chi connectivity index (χ2v) is 7.66. The summed E-state index contributed by atoms with van der Waals surface area (Å²) in [7, 11) is 4.00. The maximum atomic E-state index is 13.2. The Hall–Kier alpha value is -1.39. The Labute approximate surface area is 145 Å². The Morgan fingerprint density at radius 3 is 2.33 bits per heavy atom. The SMILES string of the molecule is Cc1ccccc1[C@H](C(=O)N1CCC2(CCOCC2)CC1)N(C)C. The standard InChI is InChI=1S/C20H30N2O2/c1-16-6-4-5-7-17(16)18(21(2)3)19(23)22-12-8-20(9-13-22)10-14-24-15-11-20/h4-7,18H,8-15H2,1-3H3/t18-/m1/s1. The van der Waals surface area contributed by atoms with Crippen molar-refractivity contribution in [2.24, 2.45) is 5.41 Å². The second-order valence-electron chi connectivity index (χ2n) is 7.66. The van der Waals surface area contributed by atoms with Gasteiger partial charge in [0, 0.05) is 26.3 Å². The zero-order chi connectivity index (χ0) is 17.2. The topological polar surface area (TPSA) is 32.8 Å². The second kappa shape index (κ2) is 7.24. The highest BCUT2D eigenvalue weighted by Crippen LogP contribution is 2.41. The molecule has 4 nitrogen and oxygen atoms in total. The van der Waals surface area contributed by atoms with Crippen molar-refractivity contribution < 1.29 is 9.53 Å². The Balaban J connectivity index is 1.72. The quantitative estimate of drug-likeness (QED) is 0.854. The molecule has 3 rings (SSSR count). The molecule has 0 aliphatic carbocycles. The van der Waals surface area contributed by atoms with E-state index in [9.17, 15) is 4.79 Å². The molecule has 1 aromatic carbocycles. The van der Waals surface area contributed by atoms with E-state index in [1.54, 1.807) is 0 Å². The van der Waals surface area contributed by atoms with Gasteiger partial charge in [0.1, 0.15) is 6.04 Å². The van der Waals surface area contributed by atoms with Gasteiger partial charge in [0.05, 0.1) is 0 Å². The number of likely N-dealkylation sites (tertiary alicyclic amines) is 1. The van der Waals surface area contributed by atoms with E-state index < -0.39 is 0 Å². The predicted octanol–water partition coefficient (Wildman–Crippen LogP) is 3.02. The van der Waals surface area contributed by atoms with Crippen LogP contribution in [-0.2, 0) is 9.53 Å². The molecule has 132 valence electrons. The van der Waals surface area contributed by atoms with Crippen molar-refractivity contribution in [3.63, 3.8) is 0 Å². The lowest BCUT2D eigenvalue weighted by atomic mass is 9.72.